The molecular weight excluding hydrogens is 276 g/mol. The fraction of sp³-hybridized carbons (Fsp3) is 0.471. The summed E-state index contributed by atoms with van der Waals surface area (Å²) in [6.07, 6.45) is 5.89. The minimum Gasteiger partial charge on any atom is -0.473 e. The highest BCUT2D eigenvalue weighted by Crippen LogP contribution is 2.20. The van der Waals surface area contributed by atoms with Crippen molar-refractivity contribution in [3.63, 3.8) is 0 Å². The lowest BCUT2D eigenvalue weighted by Gasteiger charge is -2.31. The number of likely N-dealkylation sites (tertiary alicyclic amines) is 1. The first-order valence-corrected chi connectivity index (χ1v) is 7.80. The zero-order chi connectivity index (χ0) is 15.4. The molecule has 0 N–H and O–H groups in total. The standard InChI is InChI=1S/C17H22N4O/c1-13-11-19-14(2)17(20-13)22-16-6-9-21(10-7-16)12-15-5-3-4-8-18-15/h3-5,8,11,16H,6-7,9-10,12H2,1-2H3. The van der Waals surface area contributed by atoms with Gasteiger partial charge in [-0.15, -0.1) is 0 Å². The van der Waals surface area contributed by atoms with Crippen LogP contribution in [0.3, 0.4) is 0 Å². The molecule has 0 spiro atoms. The van der Waals surface area contributed by atoms with Crippen molar-refractivity contribution in [3.05, 3.63) is 47.7 Å². The molecule has 1 saturated heterocycles. The van der Waals surface area contributed by atoms with Crippen molar-refractivity contribution in [2.24, 2.45) is 0 Å². The van der Waals surface area contributed by atoms with Gasteiger partial charge in [0.15, 0.2) is 0 Å². The van der Waals surface area contributed by atoms with Crippen LogP contribution in [0.4, 0.5) is 0 Å². The van der Waals surface area contributed by atoms with E-state index >= 15 is 0 Å². The predicted molar refractivity (Wildman–Crippen MR) is 84.7 cm³/mol. The van der Waals surface area contributed by atoms with E-state index in [0.29, 0.717) is 5.88 Å². The molecule has 0 radical (unpaired) electrons. The highest BCUT2D eigenvalue weighted by molar-refractivity contribution is 5.18. The summed E-state index contributed by atoms with van der Waals surface area (Å²) in [4.78, 5) is 15.6. The van der Waals surface area contributed by atoms with Crippen molar-refractivity contribution in [1.29, 1.82) is 0 Å². The molecule has 2 aromatic heterocycles. The Morgan fingerprint density at radius 1 is 1.18 bits per heavy atom. The second kappa shape index (κ2) is 6.83. The fourth-order valence-electron chi connectivity index (χ4n) is 2.69. The number of piperidine rings is 1. The molecular formula is C17H22N4O. The van der Waals surface area contributed by atoms with Crippen LogP contribution in [0.15, 0.2) is 30.6 Å². The Morgan fingerprint density at radius 3 is 2.73 bits per heavy atom. The monoisotopic (exact) mass is 298 g/mol. The Balaban J connectivity index is 1.52. The SMILES string of the molecule is Cc1cnc(C)c(OC2CCN(Cc3ccccn3)CC2)n1. The summed E-state index contributed by atoms with van der Waals surface area (Å²) in [5.74, 6) is 0.683. The second-order valence-corrected chi connectivity index (χ2v) is 5.82. The van der Waals surface area contributed by atoms with E-state index < -0.39 is 0 Å². The Bertz CT molecular complexity index is 609. The first-order chi connectivity index (χ1) is 10.7. The van der Waals surface area contributed by atoms with E-state index in [2.05, 4.69) is 25.9 Å². The third-order valence-electron chi connectivity index (χ3n) is 3.96. The van der Waals surface area contributed by atoms with Gasteiger partial charge in [0, 0.05) is 32.0 Å². The van der Waals surface area contributed by atoms with Crippen LogP contribution in [0.25, 0.3) is 0 Å². The van der Waals surface area contributed by atoms with Gasteiger partial charge in [0.05, 0.1) is 17.1 Å². The van der Waals surface area contributed by atoms with Crippen molar-refractivity contribution in [1.82, 2.24) is 19.9 Å². The molecule has 1 aliphatic heterocycles. The summed E-state index contributed by atoms with van der Waals surface area (Å²) >= 11 is 0. The van der Waals surface area contributed by atoms with Crippen LogP contribution < -0.4 is 4.74 Å². The van der Waals surface area contributed by atoms with Gasteiger partial charge in [0.1, 0.15) is 6.10 Å². The molecule has 2 aromatic rings. The summed E-state index contributed by atoms with van der Waals surface area (Å²) in [5.41, 5.74) is 2.89. The molecule has 1 fully saturated rings. The molecule has 22 heavy (non-hydrogen) atoms. The van der Waals surface area contributed by atoms with Crippen LogP contribution >= 0.6 is 0 Å². The normalized spacial score (nSPS) is 16.6. The fourth-order valence-corrected chi connectivity index (χ4v) is 2.69. The average molecular weight is 298 g/mol. The summed E-state index contributed by atoms with van der Waals surface area (Å²) in [6.45, 7) is 6.85. The number of nitrogens with zero attached hydrogens (tertiary/aromatic N) is 4. The molecule has 0 aliphatic carbocycles. The van der Waals surface area contributed by atoms with Crippen molar-refractivity contribution in [3.8, 4) is 5.88 Å². The number of ether oxygens (including phenoxy) is 1. The largest absolute Gasteiger partial charge is 0.473 e. The maximum absolute atomic E-state index is 6.05. The van der Waals surface area contributed by atoms with Gasteiger partial charge in [0.2, 0.25) is 5.88 Å². The average Bonchev–Trinajstić information content (AvgIpc) is 2.54. The molecule has 0 unspecified atom stereocenters. The summed E-state index contributed by atoms with van der Waals surface area (Å²) in [5, 5.41) is 0. The molecule has 0 aromatic carbocycles. The van der Waals surface area contributed by atoms with Crippen molar-refractivity contribution >= 4 is 0 Å². The van der Waals surface area contributed by atoms with E-state index in [0.717, 1.165) is 49.6 Å². The van der Waals surface area contributed by atoms with Crippen LogP contribution in [0.1, 0.15) is 29.9 Å². The van der Waals surface area contributed by atoms with E-state index in [9.17, 15) is 0 Å². The smallest absolute Gasteiger partial charge is 0.235 e. The van der Waals surface area contributed by atoms with E-state index in [4.69, 9.17) is 4.74 Å². The van der Waals surface area contributed by atoms with Crippen LogP contribution in [-0.2, 0) is 6.54 Å². The predicted octanol–water partition coefficient (Wildman–Crippen LogP) is 2.53. The highest BCUT2D eigenvalue weighted by Gasteiger charge is 2.22. The van der Waals surface area contributed by atoms with E-state index in [1.54, 1.807) is 6.20 Å². The van der Waals surface area contributed by atoms with Gasteiger partial charge >= 0.3 is 0 Å². The topological polar surface area (TPSA) is 51.1 Å². The Morgan fingerprint density at radius 2 is 2.00 bits per heavy atom. The maximum Gasteiger partial charge on any atom is 0.235 e. The third kappa shape index (κ3) is 3.80. The summed E-state index contributed by atoms with van der Waals surface area (Å²) < 4.78 is 6.05. The molecule has 116 valence electrons. The van der Waals surface area contributed by atoms with Crippen molar-refractivity contribution in [2.45, 2.75) is 39.3 Å². The van der Waals surface area contributed by atoms with Gasteiger partial charge < -0.3 is 4.74 Å². The van der Waals surface area contributed by atoms with Gasteiger partial charge in [-0.25, -0.2) is 4.98 Å². The zero-order valence-corrected chi connectivity index (χ0v) is 13.2. The van der Waals surface area contributed by atoms with Crippen LogP contribution in [0.5, 0.6) is 5.88 Å². The summed E-state index contributed by atoms with van der Waals surface area (Å²) in [6, 6.07) is 6.07. The van der Waals surface area contributed by atoms with Gasteiger partial charge in [0.25, 0.3) is 0 Å². The lowest BCUT2D eigenvalue weighted by atomic mass is 10.1. The summed E-state index contributed by atoms with van der Waals surface area (Å²) in [7, 11) is 0. The Hall–Kier alpha value is -2.01. The van der Waals surface area contributed by atoms with Crippen molar-refractivity contribution in [2.75, 3.05) is 13.1 Å². The lowest BCUT2D eigenvalue weighted by Crippen LogP contribution is -2.38. The van der Waals surface area contributed by atoms with Crippen LogP contribution in [-0.4, -0.2) is 39.0 Å². The maximum atomic E-state index is 6.05. The number of rotatable bonds is 4. The van der Waals surface area contributed by atoms with Gasteiger partial charge in [-0.05, 0) is 38.8 Å². The van der Waals surface area contributed by atoms with Gasteiger partial charge in [-0.2, -0.15) is 0 Å². The minimum absolute atomic E-state index is 0.231. The van der Waals surface area contributed by atoms with Gasteiger partial charge in [-0.3, -0.25) is 14.9 Å². The van der Waals surface area contributed by atoms with Gasteiger partial charge in [-0.1, -0.05) is 6.07 Å². The molecule has 0 saturated carbocycles. The molecule has 3 rings (SSSR count). The lowest BCUT2D eigenvalue weighted by molar-refractivity contribution is 0.0914. The Kier molecular flexibility index (Phi) is 4.63. The number of aromatic nitrogens is 3. The molecule has 1 aliphatic rings. The molecule has 5 nitrogen and oxygen atoms in total. The number of hydrogen-bond acceptors (Lipinski definition) is 5. The molecule has 0 bridgehead atoms. The first-order valence-electron chi connectivity index (χ1n) is 7.80. The third-order valence-corrected chi connectivity index (χ3v) is 3.96. The molecule has 5 heteroatoms. The number of aryl methyl sites for hydroxylation is 2. The molecule has 0 atom stereocenters. The van der Waals surface area contributed by atoms with Crippen LogP contribution in [0, 0.1) is 13.8 Å². The zero-order valence-electron chi connectivity index (χ0n) is 13.2. The number of hydrogen-bond donors (Lipinski definition) is 0. The molecule has 3 heterocycles. The number of pyridine rings is 1. The highest BCUT2D eigenvalue weighted by atomic mass is 16.5. The minimum atomic E-state index is 0.231. The Labute approximate surface area is 131 Å². The van der Waals surface area contributed by atoms with Crippen LogP contribution in [0.2, 0.25) is 0 Å². The van der Waals surface area contributed by atoms with E-state index in [-0.39, 0.29) is 6.10 Å². The second-order valence-electron chi connectivity index (χ2n) is 5.82. The van der Waals surface area contributed by atoms with E-state index in [1.165, 1.54) is 0 Å². The quantitative estimate of drug-likeness (QED) is 0.868. The molecule has 0 amide bonds. The first kappa shape index (κ1) is 14.9. The van der Waals surface area contributed by atoms with E-state index in [1.807, 2.05) is 32.2 Å². The van der Waals surface area contributed by atoms with Crippen molar-refractivity contribution < 1.29 is 4.74 Å².